The molecule has 1 heterocycles. The molecule has 0 bridgehead atoms. The number of primary sulfonamides is 1. The average molecular weight is 248 g/mol. The molecule has 0 radical (unpaired) electrons. The van der Waals surface area contributed by atoms with Gasteiger partial charge in [0.05, 0.1) is 11.9 Å². The van der Waals surface area contributed by atoms with Crippen molar-refractivity contribution in [2.45, 2.75) is 18.3 Å². The lowest BCUT2D eigenvalue weighted by atomic mass is 10.2. The molecular weight excluding hydrogens is 235 g/mol. The molecule has 0 aliphatic carbocycles. The molecule has 1 rings (SSSR count). The standard InChI is InChI=1S/C9H13FN2O3S/c1-6(16(11,13)14)9(15-2)8-4-3-7(10)5-12-8/h3-6,9H,1-2H3,(H2,11,13,14)/t6-,9-/m1/s1. The van der Waals surface area contributed by atoms with Gasteiger partial charge in [0, 0.05) is 7.11 Å². The maximum atomic E-state index is 12.6. The summed E-state index contributed by atoms with van der Waals surface area (Å²) in [5, 5.41) is 4.06. The maximum Gasteiger partial charge on any atom is 0.214 e. The molecular formula is C9H13FN2O3S. The topological polar surface area (TPSA) is 82.3 Å². The van der Waals surface area contributed by atoms with Crippen LogP contribution in [0.1, 0.15) is 18.7 Å². The van der Waals surface area contributed by atoms with Gasteiger partial charge >= 0.3 is 0 Å². The zero-order valence-corrected chi connectivity index (χ0v) is 9.74. The van der Waals surface area contributed by atoms with Crippen LogP contribution in [0.3, 0.4) is 0 Å². The summed E-state index contributed by atoms with van der Waals surface area (Å²) in [5.74, 6) is -0.498. The second-order valence-corrected chi connectivity index (χ2v) is 5.27. The van der Waals surface area contributed by atoms with Gasteiger partial charge in [-0.2, -0.15) is 0 Å². The summed E-state index contributed by atoms with van der Waals surface area (Å²) >= 11 is 0. The predicted octanol–water partition coefficient (Wildman–Crippen LogP) is 0.585. The lowest BCUT2D eigenvalue weighted by Crippen LogP contribution is -2.32. The highest BCUT2D eigenvalue weighted by molar-refractivity contribution is 7.89. The average Bonchev–Trinajstić information content (AvgIpc) is 2.20. The monoisotopic (exact) mass is 248 g/mol. The minimum atomic E-state index is -3.73. The van der Waals surface area contributed by atoms with E-state index in [9.17, 15) is 12.8 Å². The van der Waals surface area contributed by atoms with E-state index in [0.717, 1.165) is 6.20 Å². The third kappa shape index (κ3) is 2.97. The molecule has 0 unspecified atom stereocenters. The van der Waals surface area contributed by atoms with Gasteiger partial charge in [0.25, 0.3) is 0 Å². The Morgan fingerprint density at radius 2 is 2.12 bits per heavy atom. The van der Waals surface area contributed by atoms with Crippen LogP contribution < -0.4 is 5.14 Å². The predicted molar refractivity (Wildman–Crippen MR) is 56.5 cm³/mol. The molecule has 2 atom stereocenters. The van der Waals surface area contributed by atoms with Crippen molar-refractivity contribution in [1.29, 1.82) is 0 Å². The number of ether oxygens (including phenoxy) is 1. The zero-order chi connectivity index (χ0) is 12.3. The van der Waals surface area contributed by atoms with Crippen LogP contribution in [0.25, 0.3) is 0 Å². The Bertz CT molecular complexity index is 446. The van der Waals surface area contributed by atoms with Crippen molar-refractivity contribution in [2.24, 2.45) is 5.14 Å². The first-order valence-electron chi connectivity index (χ1n) is 4.52. The third-order valence-corrected chi connectivity index (χ3v) is 3.52. The number of nitrogens with zero attached hydrogens (tertiary/aromatic N) is 1. The fourth-order valence-corrected chi connectivity index (χ4v) is 1.88. The van der Waals surface area contributed by atoms with E-state index in [1.165, 1.54) is 26.2 Å². The molecule has 0 aliphatic rings. The van der Waals surface area contributed by atoms with Crippen molar-refractivity contribution in [2.75, 3.05) is 7.11 Å². The zero-order valence-electron chi connectivity index (χ0n) is 8.92. The van der Waals surface area contributed by atoms with Crippen LogP contribution in [0.5, 0.6) is 0 Å². The van der Waals surface area contributed by atoms with Crippen molar-refractivity contribution in [3.05, 3.63) is 29.8 Å². The SMILES string of the molecule is CO[C@@H](c1ccc(F)cn1)[C@@H](C)S(N)(=O)=O. The maximum absolute atomic E-state index is 12.6. The van der Waals surface area contributed by atoms with Crippen LogP contribution >= 0.6 is 0 Å². The van der Waals surface area contributed by atoms with Crippen LogP contribution in [0.15, 0.2) is 18.3 Å². The third-order valence-electron chi connectivity index (χ3n) is 2.24. The Labute approximate surface area is 93.5 Å². The van der Waals surface area contributed by atoms with Crippen molar-refractivity contribution in [1.82, 2.24) is 4.98 Å². The minimum Gasteiger partial charge on any atom is -0.374 e. The summed E-state index contributed by atoms with van der Waals surface area (Å²) in [5.41, 5.74) is 0.324. The van der Waals surface area contributed by atoms with E-state index in [1.807, 2.05) is 0 Å². The second-order valence-electron chi connectivity index (χ2n) is 3.35. The van der Waals surface area contributed by atoms with Crippen molar-refractivity contribution >= 4 is 10.0 Å². The van der Waals surface area contributed by atoms with Crippen molar-refractivity contribution < 1.29 is 17.5 Å². The summed E-state index contributed by atoms with van der Waals surface area (Å²) in [6.07, 6.45) is 0.188. The highest BCUT2D eigenvalue weighted by Gasteiger charge is 2.28. The van der Waals surface area contributed by atoms with Gasteiger partial charge in [-0.15, -0.1) is 0 Å². The van der Waals surface area contributed by atoms with Crippen LogP contribution in [-0.4, -0.2) is 25.8 Å². The van der Waals surface area contributed by atoms with Crippen molar-refractivity contribution in [3.8, 4) is 0 Å². The summed E-state index contributed by atoms with van der Waals surface area (Å²) in [4.78, 5) is 3.76. The van der Waals surface area contributed by atoms with Crippen LogP contribution in [-0.2, 0) is 14.8 Å². The molecule has 0 aliphatic heterocycles. The van der Waals surface area contributed by atoms with E-state index in [2.05, 4.69) is 4.98 Å². The highest BCUT2D eigenvalue weighted by atomic mass is 32.2. The lowest BCUT2D eigenvalue weighted by molar-refractivity contribution is 0.0986. The summed E-state index contributed by atoms with van der Waals surface area (Å²) < 4.78 is 40.0. The van der Waals surface area contributed by atoms with Crippen LogP contribution in [0.2, 0.25) is 0 Å². The van der Waals surface area contributed by atoms with E-state index in [4.69, 9.17) is 9.88 Å². The number of halogens is 1. The Balaban J connectivity index is 3.03. The van der Waals surface area contributed by atoms with Gasteiger partial charge in [0.2, 0.25) is 10.0 Å². The summed E-state index contributed by atoms with van der Waals surface area (Å²) in [6, 6.07) is 2.55. The molecule has 16 heavy (non-hydrogen) atoms. The molecule has 0 spiro atoms. The van der Waals surface area contributed by atoms with E-state index in [1.54, 1.807) is 0 Å². The van der Waals surface area contributed by atoms with Gasteiger partial charge in [0.15, 0.2) is 0 Å². The fraction of sp³-hybridized carbons (Fsp3) is 0.444. The fourth-order valence-electron chi connectivity index (χ4n) is 1.28. The molecule has 2 N–H and O–H groups in total. The number of rotatable bonds is 4. The first kappa shape index (κ1) is 13.0. The van der Waals surface area contributed by atoms with Crippen molar-refractivity contribution in [3.63, 3.8) is 0 Å². The first-order valence-corrected chi connectivity index (χ1v) is 6.13. The molecule has 90 valence electrons. The largest absolute Gasteiger partial charge is 0.374 e. The number of methoxy groups -OCH3 is 1. The van der Waals surface area contributed by atoms with E-state index >= 15 is 0 Å². The number of aromatic nitrogens is 1. The number of pyridine rings is 1. The second kappa shape index (κ2) is 4.86. The quantitative estimate of drug-likeness (QED) is 0.845. The molecule has 0 saturated heterocycles. The smallest absolute Gasteiger partial charge is 0.214 e. The Morgan fingerprint density at radius 3 is 2.50 bits per heavy atom. The van der Waals surface area contributed by atoms with Gasteiger partial charge in [0.1, 0.15) is 17.2 Å². The number of sulfonamides is 1. The summed E-state index contributed by atoms with van der Waals surface area (Å²) in [6.45, 7) is 1.41. The van der Waals surface area contributed by atoms with Gasteiger partial charge in [-0.25, -0.2) is 17.9 Å². The molecule has 0 fully saturated rings. The minimum absolute atomic E-state index is 0.324. The molecule has 7 heteroatoms. The lowest BCUT2D eigenvalue weighted by Gasteiger charge is -2.20. The normalized spacial score (nSPS) is 15.8. The van der Waals surface area contributed by atoms with E-state index in [-0.39, 0.29) is 0 Å². The molecule has 1 aromatic rings. The Morgan fingerprint density at radius 1 is 1.50 bits per heavy atom. The van der Waals surface area contributed by atoms with E-state index < -0.39 is 27.2 Å². The summed E-state index contributed by atoms with van der Waals surface area (Å²) in [7, 11) is -2.39. The highest BCUT2D eigenvalue weighted by Crippen LogP contribution is 2.22. The number of hydrogen-bond acceptors (Lipinski definition) is 4. The Kier molecular flexibility index (Phi) is 3.95. The van der Waals surface area contributed by atoms with Gasteiger partial charge < -0.3 is 4.74 Å². The van der Waals surface area contributed by atoms with Gasteiger partial charge in [-0.05, 0) is 19.1 Å². The molecule has 1 aromatic heterocycles. The molecule has 0 amide bonds. The number of hydrogen-bond donors (Lipinski definition) is 1. The van der Waals surface area contributed by atoms with Crippen LogP contribution in [0.4, 0.5) is 4.39 Å². The molecule has 5 nitrogen and oxygen atoms in total. The van der Waals surface area contributed by atoms with E-state index in [0.29, 0.717) is 5.69 Å². The van der Waals surface area contributed by atoms with Gasteiger partial charge in [-0.3, -0.25) is 4.98 Å². The Hall–Kier alpha value is -1.05. The first-order chi connectivity index (χ1) is 7.36. The molecule has 0 saturated carbocycles. The van der Waals surface area contributed by atoms with Crippen LogP contribution in [0, 0.1) is 5.82 Å². The number of nitrogens with two attached hydrogens (primary N) is 1. The van der Waals surface area contributed by atoms with Gasteiger partial charge in [-0.1, -0.05) is 0 Å². The molecule has 0 aromatic carbocycles.